The fourth-order valence-electron chi connectivity index (χ4n) is 3.36. The standard InChI is InChI=1S/C19H25N3OS/c1-2-9-22(14-16-7-12-24-15-16)19(23)18(21-10-3-4-11-21)17-6-5-8-20-13-17/h5-8,12-13,15,18H,2-4,9-11,14H2,1H3/t18-/m0/s1. The minimum atomic E-state index is -0.202. The van der Waals surface area contributed by atoms with Crippen molar-refractivity contribution in [1.29, 1.82) is 0 Å². The van der Waals surface area contributed by atoms with Crippen molar-refractivity contribution in [2.45, 2.75) is 38.8 Å². The molecular weight excluding hydrogens is 318 g/mol. The number of carbonyl (C=O) groups is 1. The molecule has 0 saturated carbocycles. The van der Waals surface area contributed by atoms with Crippen LogP contribution in [0.25, 0.3) is 0 Å². The van der Waals surface area contributed by atoms with E-state index in [0.29, 0.717) is 6.54 Å². The quantitative estimate of drug-likeness (QED) is 0.769. The highest BCUT2D eigenvalue weighted by Gasteiger charge is 2.32. The minimum Gasteiger partial charge on any atom is -0.337 e. The lowest BCUT2D eigenvalue weighted by Crippen LogP contribution is -2.42. The first-order valence-electron chi connectivity index (χ1n) is 8.73. The highest BCUT2D eigenvalue weighted by Crippen LogP contribution is 2.27. The summed E-state index contributed by atoms with van der Waals surface area (Å²) in [7, 11) is 0. The van der Waals surface area contributed by atoms with Gasteiger partial charge in [-0.15, -0.1) is 0 Å². The van der Waals surface area contributed by atoms with Crippen molar-refractivity contribution in [3.05, 3.63) is 52.5 Å². The number of aromatic nitrogens is 1. The Balaban J connectivity index is 1.85. The van der Waals surface area contributed by atoms with Gasteiger partial charge in [-0.05, 0) is 66.4 Å². The molecule has 0 aliphatic carbocycles. The third-order valence-corrected chi connectivity index (χ3v) is 5.23. The molecule has 4 nitrogen and oxygen atoms in total. The Hall–Kier alpha value is -1.72. The average Bonchev–Trinajstić information content (AvgIpc) is 3.29. The van der Waals surface area contributed by atoms with Gasteiger partial charge in [-0.3, -0.25) is 14.7 Å². The molecule has 1 atom stereocenters. The maximum absolute atomic E-state index is 13.4. The molecule has 0 spiro atoms. The molecule has 128 valence electrons. The third kappa shape index (κ3) is 4.02. The Morgan fingerprint density at radius 1 is 1.38 bits per heavy atom. The number of nitrogens with zero attached hydrogens (tertiary/aromatic N) is 3. The first-order valence-corrected chi connectivity index (χ1v) is 9.67. The molecule has 0 unspecified atom stereocenters. The first kappa shape index (κ1) is 17.1. The van der Waals surface area contributed by atoms with Crippen LogP contribution in [-0.2, 0) is 11.3 Å². The van der Waals surface area contributed by atoms with Crippen molar-refractivity contribution in [2.24, 2.45) is 0 Å². The Morgan fingerprint density at radius 3 is 2.83 bits per heavy atom. The molecule has 2 aromatic rings. The molecule has 24 heavy (non-hydrogen) atoms. The SMILES string of the molecule is CCCN(Cc1ccsc1)C(=O)[C@H](c1cccnc1)N1CCCC1. The lowest BCUT2D eigenvalue weighted by atomic mass is 10.1. The van der Waals surface area contributed by atoms with Gasteiger partial charge in [0.25, 0.3) is 0 Å². The van der Waals surface area contributed by atoms with Gasteiger partial charge in [-0.2, -0.15) is 11.3 Å². The molecule has 0 bridgehead atoms. The summed E-state index contributed by atoms with van der Waals surface area (Å²) in [6, 6.07) is 5.86. The molecule has 1 fully saturated rings. The predicted octanol–water partition coefficient (Wildman–Crippen LogP) is 3.72. The highest BCUT2D eigenvalue weighted by atomic mass is 32.1. The van der Waals surface area contributed by atoms with Gasteiger partial charge in [0.15, 0.2) is 0 Å². The molecule has 2 aromatic heterocycles. The maximum atomic E-state index is 13.4. The molecule has 1 amide bonds. The summed E-state index contributed by atoms with van der Waals surface area (Å²) < 4.78 is 0. The van der Waals surface area contributed by atoms with Crippen LogP contribution in [0.4, 0.5) is 0 Å². The van der Waals surface area contributed by atoms with E-state index < -0.39 is 0 Å². The van der Waals surface area contributed by atoms with E-state index in [0.717, 1.165) is 31.6 Å². The van der Waals surface area contributed by atoms with E-state index in [1.54, 1.807) is 17.5 Å². The van der Waals surface area contributed by atoms with Gasteiger partial charge in [-0.1, -0.05) is 13.0 Å². The van der Waals surface area contributed by atoms with Crippen molar-refractivity contribution in [1.82, 2.24) is 14.8 Å². The zero-order valence-electron chi connectivity index (χ0n) is 14.2. The predicted molar refractivity (Wildman–Crippen MR) is 97.8 cm³/mol. The van der Waals surface area contributed by atoms with Crippen LogP contribution in [0.1, 0.15) is 43.4 Å². The number of hydrogen-bond acceptors (Lipinski definition) is 4. The molecule has 1 aliphatic heterocycles. The Morgan fingerprint density at radius 2 is 2.21 bits per heavy atom. The molecule has 3 heterocycles. The largest absolute Gasteiger partial charge is 0.337 e. The van der Waals surface area contributed by atoms with Crippen LogP contribution in [0, 0.1) is 0 Å². The third-order valence-electron chi connectivity index (χ3n) is 4.50. The van der Waals surface area contributed by atoms with Crippen LogP contribution >= 0.6 is 11.3 Å². The lowest BCUT2D eigenvalue weighted by molar-refractivity contribution is -0.137. The Labute approximate surface area is 148 Å². The van der Waals surface area contributed by atoms with E-state index in [1.165, 1.54) is 18.4 Å². The van der Waals surface area contributed by atoms with Gasteiger partial charge in [0.05, 0.1) is 0 Å². The summed E-state index contributed by atoms with van der Waals surface area (Å²) in [5.74, 6) is 0.206. The van der Waals surface area contributed by atoms with Crippen LogP contribution in [0.15, 0.2) is 41.4 Å². The summed E-state index contributed by atoms with van der Waals surface area (Å²) in [4.78, 5) is 22.0. The topological polar surface area (TPSA) is 36.4 Å². The van der Waals surface area contributed by atoms with Gasteiger partial charge >= 0.3 is 0 Å². The van der Waals surface area contributed by atoms with E-state index in [2.05, 4.69) is 33.6 Å². The van der Waals surface area contributed by atoms with Crippen molar-refractivity contribution in [3.63, 3.8) is 0 Å². The van der Waals surface area contributed by atoms with Crippen LogP contribution in [0.2, 0.25) is 0 Å². The molecular formula is C19H25N3OS. The van der Waals surface area contributed by atoms with Gasteiger partial charge in [0.2, 0.25) is 5.91 Å². The van der Waals surface area contributed by atoms with E-state index >= 15 is 0 Å². The minimum absolute atomic E-state index is 0.202. The average molecular weight is 343 g/mol. The summed E-state index contributed by atoms with van der Waals surface area (Å²) in [5, 5.41) is 4.20. The molecule has 1 saturated heterocycles. The Bertz CT molecular complexity index is 623. The fraction of sp³-hybridized carbons (Fsp3) is 0.474. The number of carbonyl (C=O) groups excluding carboxylic acids is 1. The van der Waals surface area contributed by atoms with Gasteiger partial charge in [0.1, 0.15) is 6.04 Å². The summed E-state index contributed by atoms with van der Waals surface area (Å²) in [5.41, 5.74) is 2.23. The normalized spacial score (nSPS) is 16.2. The summed E-state index contributed by atoms with van der Waals surface area (Å²) >= 11 is 1.68. The number of pyridine rings is 1. The first-order chi connectivity index (χ1) is 11.8. The smallest absolute Gasteiger partial charge is 0.244 e. The molecule has 0 N–H and O–H groups in total. The van der Waals surface area contributed by atoms with Crippen LogP contribution < -0.4 is 0 Å². The van der Waals surface area contributed by atoms with E-state index in [1.807, 2.05) is 23.2 Å². The van der Waals surface area contributed by atoms with E-state index in [-0.39, 0.29) is 11.9 Å². The highest BCUT2D eigenvalue weighted by molar-refractivity contribution is 7.07. The second kappa shape index (κ2) is 8.40. The monoisotopic (exact) mass is 343 g/mol. The molecule has 3 rings (SSSR count). The van der Waals surface area contributed by atoms with Crippen molar-refractivity contribution in [2.75, 3.05) is 19.6 Å². The molecule has 0 aromatic carbocycles. The molecule has 1 aliphatic rings. The number of thiophene rings is 1. The number of likely N-dealkylation sites (tertiary alicyclic amines) is 1. The van der Waals surface area contributed by atoms with Crippen LogP contribution in [0.5, 0.6) is 0 Å². The van der Waals surface area contributed by atoms with Gasteiger partial charge < -0.3 is 4.90 Å². The summed E-state index contributed by atoms with van der Waals surface area (Å²) in [6.07, 6.45) is 6.92. The Kier molecular flexibility index (Phi) is 5.99. The molecule has 0 radical (unpaired) electrons. The van der Waals surface area contributed by atoms with Crippen molar-refractivity contribution >= 4 is 17.2 Å². The lowest BCUT2D eigenvalue weighted by Gasteiger charge is -2.32. The van der Waals surface area contributed by atoms with Crippen LogP contribution in [0.3, 0.4) is 0 Å². The number of amides is 1. The fourth-order valence-corrected chi connectivity index (χ4v) is 4.02. The summed E-state index contributed by atoms with van der Waals surface area (Å²) in [6.45, 7) is 5.59. The van der Waals surface area contributed by atoms with E-state index in [4.69, 9.17) is 0 Å². The van der Waals surface area contributed by atoms with Gasteiger partial charge in [-0.25, -0.2) is 0 Å². The zero-order valence-corrected chi connectivity index (χ0v) is 15.0. The van der Waals surface area contributed by atoms with Crippen molar-refractivity contribution in [3.8, 4) is 0 Å². The zero-order chi connectivity index (χ0) is 16.8. The molecule has 5 heteroatoms. The number of hydrogen-bond donors (Lipinski definition) is 0. The van der Waals surface area contributed by atoms with E-state index in [9.17, 15) is 4.79 Å². The van der Waals surface area contributed by atoms with Crippen molar-refractivity contribution < 1.29 is 4.79 Å². The van der Waals surface area contributed by atoms with Gasteiger partial charge in [0, 0.05) is 25.5 Å². The van der Waals surface area contributed by atoms with Crippen LogP contribution in [-0.4, -0.2) is 40.3 Å². The maximum Gasteiger partial charge on any atom is 0.244 e. The number of rotatable bonds is 7. The second-order valence-corrected chi connectivity index (χ2v) is 7.10. The second-order valence-electron chi connectivity index (χ2n) is 6.32.